The lowest BCUT2D eigenvalue weighted by molar-refractivity contribution is 0.00680. The summed E-state index contributed by atoms with van der Waals surface area (Å²) in [6.45, 7) is 13.8. The van der Waals surface area contributed by atoms with Crippen molar-refractivity contribution >= 4 is 6.03 Å². The first-order valence-corrected chi connectivity index (χ1v) is 9.17. The van der Waals surface area contributed by atoms with E-state index >= 15 is 0 Å². The lowest BCUT2D eigenvalue weighted by Crippen LogP contribution is -2.55. The van der Waals surface area contributed by atoms with Crippen LogP contribution < -0.4 is 5.32 Å². The molecule has 1 atom stereocenters. The van der Waals surface area contributed by atoms with Crippen LogP contribution in [0.3, 0.4) is 0 Å². The van der Waals surface area contributed by atoms with Gasteiger partial charge < -0.3 is 19.7 Å². The van der Waals surface area contributed by atoms with Crippen LogP contribution >= 0.6 is 0 Å². The number of ether oxygens (including phenoxy) is 2. The van der Waals surface area contributed by atoms with E-state index in [1.54, 1.807) is 7.11 Å². The molecule has 2 heterocycles. The van der Waals surface area contributed by atoms with Crippen molar-refractivity contribution in [1.82, 2.24) is 20.0 Å². The first-order valence-electron chi connectivity index (χ1n) is 9.17. The fraction of sp³-hybridized carbons (Fsp3) is 0.941. The number of carbonyl (C=O) groups excluding carboxylic acids is 1. The number of nitrogens with zero attached hydrogens (tertiary/aromatic N) is 3. The molecule has 0 bridgehead atoms. The van der Waals surface area contributed by atoms with Gasteiger partial charge in [0.05, 0.1) is 19.8 Å². The summed E-state index contributed by atoms with van der Waals surface area (Å²) in [6, 6.07) is 0.446. The Morgan fingerprint density at radius 3 is 2.38 bits per heavy atom. The van der Waals surface area contributed by atoms with Gasteiger partial charge in [0.2, 0.25) is 0 Å². The molecule has 7 nitrogen and oxygen atoms in total. The largest absolute Gasteiger partial charge is 0.383 e. The molecule has 0 radical (unpaired) electrons. The molecule has 2 saturated heterocycles. The van der Waals surface area contributed by atoms with E-state index in [0.717, 1.165) is 65.6 Å². The lowest BCUT2D eigenvalue weighted by atomic mass is 10.0. The van der Waals surface area contributed by atoms with E-state index in [9.17, 15) is 4.79 Å². The zero-order valence-corrected chi connectivity index (χ0v) is 15.5. The molecule has 2 rings (SSSR count). The molecular weight excluding hydrogens is 308 g/mol. The van der Waals surface area contributed by atoms with Crippen molar-refractivity contribution in [2.75, 3.05) is 79.3 Å². The maximum atomic E-state index is 12.5. The SMILES string of the molecule is COCCN1CCN(C(=O)NC[C@@H](C(C)C)N2CCOCC2)CC1. The highest BCUT2D eigenvalue weighted by Gasteiger charge is 2.26. The van der Waals surface area contributed by atoms with E-state index in [4.69, 9.17) is 9.47 Å². The molecule has 0 unspecified atom stereocenters. The van der Waals surface area contributed by atoms with Gasteiger partial charge in [-0.25, -0.2) is 4.79 Å². The maximum Gasteiger partial charge on any atom is 0.317 e. The predicted octanol–water partition coefficient (Wildman–Crippen LogP) is 0.317. The number of hydrogen-bond acceptors (Lipinski definition) is 5. The van der Waals surface area contributed by atoms with Gasteiger partial charge in [0.1, 0.15) is 0 Å². The average Bonchev–Trinajstić information content (AvgIpc) is 2.61. The second-order valence-electron chi connectivity index (χ2n) is 6.97. The van der Waals surface area contributed by atoms with Crippen molar-refractivity contribution in [2.24, 2.45) is 5.92 Å². The van der Waals surface area contributed by atoms with Crippen LogP contribution in [-0.4, -0.2) is 106 Å². The van der Waals surface area contributed by atoms with Crippen molar-refractivity contribution in [3.05, 3.63) is 0 Å². The van der Waals surface area contributed by atoms with Crippen LogP contribution in [-0.2, 0) is 9.47 Å². The number of rotatable bonds is 7. The van der Waals surface area contributed by atoms with Crippen molar-refractivity contribution in [1.29, 1.82) is 0 Å². The Labute approximate surface area is 146 Å². The lowest BCUT2D eigenvalue weighted by Gasteiger charge is -2.38. The topological polar surface area (TPSA) is 57.3 Å². The predicted molar refractivity (Wildman–Crippen MR) is 94.3 cm³/mol. The maximum absolute atomic E-state index is 12.5. The number of nitrogens with one attached hydrogen (secondary N) is 1. The van der Waals surface area contributed by atoms with Crippen LogP contribution in [0, 0.1) is 5.92 Å². The number of carbonyl (C=O) groups is 1. The van der Waals surface area contributed by atoms with Gasteiger partial charge in [-0.2, -0.15) is 0 Å². The van der Waals surface area contributed by atoms with Gasteiger partial charge in [0, 0.05) is 65.5 Å². The van der Waals surface area contributed by atoms with Gasteiger partial charge >= 0.3 is 6.03 Å². The number of hydrogen-bond donors (Lipinski definition) is 1. The van der Waals surface area contributed by atoms with Crippen molar-refractivity contribution in [3.63, 3.8) is 0 Å². The number of urea groups is 1. The second kappa shape index (κ2) is 10.2. The molecule has 2 aliphatic heterocycles. The Bertz CT molecular complexity index is 367. The second-order valence-corrected chi connectivity index (χ2v) is 6.97. The molecule has 2 aliphatic rings. The Hall–Kier alpha value is -0.890. The molecule has 140 valence electrons. The highest BCUT2D eigenvalue weighted by Crippen LogP contribution is 2.12. The van der Waals surface area contributed by atoms with E-state index in [1.807, 2.05) is 4.90 Å². The Morgan fingerprint density at radius 1 is 1.12 bits per heavy atom. The fourth-order valence-corrected chi connectivity index (χ4v) is 3.39. The standard InChI is InChI=1S/C17H34N4O3/c1-15(2)16(20-9-12-24-13-10-20)14-18-17(22)21-6-4-19(5-7-21)8-11-23-3/h15-16H,4-14H2,1-3H3,(H,18,22)/t16-/m0/s1. The number of morpholine rings is 1. The molecule has 0 aromatic carbocycles. The smallest absolute Gasteiger partial charge is 0.317 e. The summed E-state index contributed by atoms with van der Waals surface area (Å²) in [5.74, 6) is 0.509. The molecule has 7 heteroatoms. The Kier molecular flexibility index (Phi) is 8.24. The normalized spacial score (nSPS) is 21.9. The molecule has 1 N–H and O–H groups in total. The van der Waals surface area contributed by atoms with E-state index in [0.29, 0.717) is 18.5 Å². The summed E-state index contributed by atoms with van der Waals surface area (Å²) in [5, 5.41) is 3.15. The van der Waals surface area contributed by atoms with Crippen molar-refractivity contribution in [3.8, 4) is 0 Å². The van der Waals surface area contributed by atoms with E-state index in [-0.39, 0.29) is 6.03 Å². The summed E-state index contributed by atoms with van der Waals surface area (Å²) >= 11 is 0. The van der Waals surface area contributed by atoms with Crippen LogP contribution in [0.25, 0.3) is 0 Å². The quantitative estimate of drug-likeness (QED) is 0.722. The van der Waals surface area contributed by atoms with Gasteiger partial charge in [-0.05, 0) is 5.92 Å². The molecule has 0 aromatic heterocycles. The van der Waals surface area contributed by atoms with E-state index in [2.05, 4.69) is 29.0 Å². The third kappa shape index (κ3) is 5.88. The summed E-state index contributed by atoms with van der Waals surface area (Å²) in [5.41, 5.74) is 0. The van der Waals surface area contributed by atoms with E-state index < -0.39 is 0 Å². The summed E-state index contributed by atoms with van der Waals surface area (Å²) in [7, 11) is 1.73. The van der Waals surface area contributed by atoms with Crippen LogP contribution in [0.4, 0.5) is 4.79 Å². The first kappa shape index (κ1) is 19.4. The number of piperazine rings is 1. The molecule has 2 fully saturated rings. The number of amides is 2. The summed E-state index contributed by atoms with van der Waals surface area (Å²) in [6.07, 6.45) is 0. The molecule has 0 spiro atoms. The molecule has 24 heavy (non-hydrogen) atoms. The molecular formula is C17H34N4O3. The zero-order chi connectivity index (χ0) is 17.4. The van der Waals surface area contributed by atoms with Crippen molar-refractivity contribution < 1.29 is 14.3 Å². The Balaban J connectivity index is 1.73. The summed E-state index contributed by atoms with van der Waals surface area (Å²) < 4.78 is 10.6. The van der Waals surface area contributed by atoms with Gasteiger partial charge in [-0.3, -0.25) is 9.80 Å². The first-order chi connectivity index (χ1) is 11.6. The summed E-state index contributed by atoms with van der Waals surface area (Å²) in [4.78, 5) is 19.2. The van der Waals surface area contributed by atoms with Crippen molar-refractivity contribution in [2.45, 2.75) is 19.9 Å². The van der Waals surface area contributed by atoms with Crippen LogP contribution in [0.15, 0.2) is 0 Å². The zero-order valence-electron chi connectivity index (χ0n) is 15.5. The fourth-order valence-electron chi connectivity index (χ4n) is 3.39. The van der Waals surface area contributed by atoms with Crippen LogP contribution in [0.2, 0.25) is 0 Å². The Morgan fingerprint density at radius 2 is 1.79 bits per heavy atom. The third-order valence-electron chi connectivity index (χ3n) is 5.02. The third-order valence-corrected chi connectivity index (χ3v) is 5.02. The number of methoxy groups -OCH3 is 1. The average molecular weight is 342 g/mol. The van der Waals surface area contributed by atoms with Gasteiger partial charge in [-0.1, -0.05) is 13.8 Å². The minimum atomic E-state index is 0.0697. The monoisotopic (exact) mass is 342 g/mol. The molecule has 0 aromatic rings. The molecule has 0 aliphatic carbocycles. The van der Waals surface area contributed by atoms with Gasteiger partial charge in [0.15, 0.2) is 0 Å². The minimum absolute atomic E-state index is 0.0697. The highest BCUT2D eigenvalue weighted by molar-refractivity contribution is 5.74. The van der Waals surface area contributed by atoms with E-state index in [1.165, 1.54) is 0 Å². The van der Waals surface area contributed by atoms with Crippen LogP contribution in [0.5, 0.6) is 0 Å². The van der Waals surface area contributed by atoms with Crippen LogP contribution in [0.1, 0.15) is 13.8 Å². The van der Waals surface area contributed by atoms with Gasteiger partial charge in [-0.15, -0.1) is 0 Å². The highest BCUT2D eigenvalue weighted by atomic mass is 16.5. The molecule has 2 amide bonds. The van der Waals surface area contributed by atoms with Gasteiger partial charge in [0.25, 0.3) is 0 Å². The minimum Gasteiger partial charge on any atom is -0.383 e. The molecule has 0 saturated carbocycles.